The number of amides is 2. The van der Waals surface area contributed by atoms with E-state index in [1.165, 1.54) is 24.3 Å². The van der Waals surface area contributed by atoms with Crippen molar-refractivity contribution in [1.29, 1.82) is 0 Å². The summed E-state index contributed by atoms with van der Waals surface area (Å²) in [5.74, 6) is -3.06. The average molecular weight is 315 g/mol. The molecule has 0 saturated heterocycles. The molecule has 0 fully saturated rings. The second-order valence-corrected chi connectivity index (χ2v) is 5.50. The first kappa shape index (κ1) is 16.0. The molecular weight excluding hydrogens is 303 g/mol. The van der Waals surface area contributed by atoms with Crippen LogP contribution in [0.25, 0.3) is 0 Å². The lowest BCUT2D eigenvalue weighted by atomic mass is 9.89. The fourth-order valence-corrected chi connectivity index (χ4v) is 2.03. The van der Waals surface area contributed by atoms with Crippen molar-refractivity contribution in [3.63, 3.8) is 0 Å². The molecule has 0 radical (unpaired) electrons. The third-order valence-electron chi connectivity index (χ3n) is 3.13. The predicted octanol–water partition coefficient (Wildman–Crippen LogP) is 2.72. The molecule has 0 unspecified atom stereocenters. The normalized spacial score (nSPS) is 15.0. The summed E-state index contributed by atoms with van der Waals surface area (Å²) >= 11 is 0. The molecule has 0 spiro atoms. The van der Waals surface area contributed by atoms with Gasteiger partial charge in [0.1, 0.15) is 0 Å². The maximum atomic E-state index is 12.4. The average Bonchev–Trinajstić information content (AvgIpc) is 2.62. The van der Waals surface area contributed by atoms with Gasteiger partial charge in [0.05, 0.1) is 23.0 Å². The van der Waals surface area contributed by atoms with E-state index < -0.39 is 35.8 Å². The highest BCUT2D eigenvalue weighted by molar-refractivity contribution is 6.20. The van der Waals surface area contributed by atoms with Crippen molar-refractivity contribution in [2.45, 2.75) is 26.4 Å². The van der Waals surface area contributed by atoms with Crippen LogP contribution in [0.4, 0.5) is 13.2 Å². The van der Waals surface area contributed by atoms with E-state index in [2.05, 4.69) is 4.84 Å². The van der Waals surface area contributed by atoms with E-state index >= 15 is 0 Å². The number of halogens is 3. The van der Waals surface area contributed by atoms with E-state index in [0.29, 0.717) is 0 Å². The summed E-state index contributed by atoms with van der Waals surface area (Å²) in [6, 6.07) is 5.76. The lowest BCUT2D eigenvalue weighted by molar-refractivity contribution is -0.195. The van der Waals surface area contributed by atoms with Crippen LogP contribution >= 0.6 is 0 Å². The largest absolute Gasteiger partial charge is 0.390 e. The second kappa shape index (κ2) is 5.11. The Morgan fingerprint density at radius 3 is 1.95 bits per heavy atom. The van der Waals surface area contributed by atoms with Gasteiger partial charge in [0.2, 0.25) is 0 Å². The van der Waals surface area contributed by atoms with Crippen molar-refractivity contribution in [2.75, 3.05) is 0 Å². The molecule has 8 heteroatoms. The van der Waals surface area contributed by atoms with Crippen molar-refractivity contribution < 1.29 is 32.4 Å². The minimum absolute atomic E-state index is 0.0360. The number of alkyl halides is 3. The number of fused-ring (bicyclic) bond motifs is 1. The fraction of sp³-hybridized carbons (Fsp3) is 0.357. The molecule has 5 nitrogen and oxygen atoms in total. The Morgan fingerprint density at radius 1 is 1.09 bits per heavy atom. The lowest BCUT2D eigenvalue weighted by Gasteiger charge is -2.25. The van der Waals surface area contributed by atoms with Crippen LogP contribution in [0, 0.1) is 5.41 Å². The number of nitrogens with zero attached hydrogens (tertiary/aromatic N) is 1. The zero-order valence-electron chi connectivity index (χ0n) is 11.7. The summed E-state index contributed by atoms with van der Waals surface area (Å²) < 4.78 is 37.3. The molecular formula is C14H12F3NO4. The van der Waals surface area contributed by atoms with Crippen LogP contribution in [-0.2, 0) is 9.63 Å². The molecule has 2 rings (SSSR count). The quantitative estimate of drug-likeness (QED) is 0.805. The van der Waals surface area contributed by atoms with Gasteiger partial charge in [-0.05, 0) is 26.0 Å². The molecule has 22 heavy (non-hydrogen) atoms. The van der Waals surface area contributed by atoms with Gasteiger partial charge in [-0.2, -0.15) is 13.2 Å². The third kappa shape index (κ3) is 2.95. The first-order valence-corrected chi connectivity index (χ1v) is 6.30. The predicted molar refractivity (Wildman–Crippen MR) is 67.5 cm³/mol. The Morgan fingerprint density at radius 2 is 1.55 bits per heavy atom. The number of carbonyl (C=O) groups is 3. The van der Waals surface area contributed by atoms with Crippen molar-refractivity contribution in [3.8, 4) is 0 Å². The van der Waals surface area contributed by atoms with Gasteiger partial charge in [0.25, 0.3) is 11.8 Å². The number of imide groups is 1. The number of hydrogen-bond donors (Lipinski definition) is 0. The lowest BCUT2D eigenvalue weighted by Crippen LogP contribution is -2.40. The van der Waals surface area contributed by atoms with Crippen LogP contribution < -0.4 is 0 Å². The van der Waals surface area contributed by atoms with E-state index in [4.69, 9.17) is 0 Å². The molecule has 1 aromatic rings. The molecule has 1 aromatic carbocycles. The molecule has 0 aliphatic carbocycles. The molecule has 1 aliphatic heterocycles. The van der Waals surface area contributed by atoms with Gasteiger partial charge in [-0.25, -0.2) is 4.79 Å². The molecule has 0 N–H and O–H groups in total. The highest BCUT2D eigenvalue weighted by Crippen LogP contribution is 2.35. The standard InChI is InChI=1S/C14H12F3NO4/c1-13(2,7-14(15,16)17)12(21)22-18-10(19)8-5-3-4-6-9(8)11(18)20/h3-6H,7H2,1-2H3. The van der Waals surface area contributed by atoms with Crippen LogP contribution in [-0.4, -0.2) is 29.0 Å². The van der Waals surface area contributed by atoms with Gasteiger partial charge in [-0.3, -0.25) is 9.59 Å². The molecule has 1 aliphatic rings. The minimum Gasteiger partial charge on any atom is -0.329 e. The Hall–Kier alpha value is -2.38. The minimum atomic E-state index is -4.58. The summed E-state index contributed by atoms with van der Waals surface area (Å²) in [7, 11) is 0. The van der Waals surface area contributed by atoms with Crippen molar-refractivity contribution in [2.24, 2.45) is 5.41 Å². The van der Waals surface area contributed by atoms with Crippen molar-refractivity contribution in [1.82, 2.24) is 5.06 Å². The van der Waals surface area contributed by atoms with Gasteiger partial charge < -0.3 is 4.84 Å². The van der Waals surface area contributed by atoms with Gasteiger partial charge >= 0.3 is 12.1 Å². The zero-order valence-corrected chi connectivity index (χ0v) is 11.7. The summed E-state index contributed by atoms with van der Waals surface area (Å²) in [5, 5.41) is 0.200. The van der Waals surface area contributed by atoms with Crippen LogP contribution in [0.1, 0.15) is 41.0 Å². The van der Waals surface area contributed by atoms with E-state index in [-0.39, 0.29) is 16.2 Å². The molecule has 2 amide bonds. The molecule has 118 valence electrons. The van der Waals surface area contributed by atoms with Crippen LogP contribution in [0.15, 0.2) is 24.3 Å². The van der Waals surface area contributed by atoms with E-state index in [1.54, 1.807) is 0 Å². The topological polar surface area (TPSA) is 63.7 Å². The van der Waals surface area contributed by atoms with Gasteiger partial charge in [0, 0.05) is 0 Å². The molecule has 1 heterocycles. The van der Waals surface area contributed by atoms with E-state index in [0.717, 1.165) is 13.8 Å². The van der Waals surface area contributed by atoms with Gasteiger partial charge in [-0.15, -0.1) is 0 Å². The highest BCUT2D eigenvalue weighted by Gasteiger charge is 2.46. The second-order valence-electron chi connectivity index (χ2n) is 5.50. The maximum Gasteiger partial charge on any atom is 0.390 e. The van der Waals surface area contributed by atoms with Crippen LogP contribution in [0.3, 0.4) is 0 Å². The number of benzene rings is 1. The molecule has 0 aromatic heterocycles. The first-order chi connectivity index (χ1) is 10.0. The monoisotopic (exact) mass is 315 g/mol. The maximum absolute atomic E-state index is 12.4. The molecule has 0 bridgehead atoms. The number of hydroxylamine groups is 2. The first-order valence-electron chi connectivity index (χ1n) is 6.30. The summed E-state index contributed by atoms with van der Waals surface area (Å²) in [6.45, 7) is 2.06. The van der Waals surface area contributed by atoms with Crippen molar-refractivity contribution in [3.05, 3.63) is 35.4 Å². The van der Waals surface area contributed by atoms with Crippen LogP contribution in [0.2, 0.25) is 0 Å². The summed E-state index contributed by atoms with van der Waals surface area (Å²) in [6.07, 6.45) is -6.01. The Bertz CT molecular complexity index is 617. The molecule has 0 saturated carbocycles. The fourth-order valence-electron chi connectivity index (χ4n) is 2.03. The number of hydrogen-bond acceptors (Lipinski definition) is 4. The number of carbonyl (C=O) groups excluding carboxylic acids is 3. The Labute approximate surface area is 123 Å². The van der Waals surface area contributed by atoms with E-state index in [1.807, 2.05) is 0 Å². The highest BCUT2D eigenvalue weighted by atomic mass is 19.4. The Balaban J connectivity index is 2.17. The third-order valence-corrected chi connectivity index (χ3v) is 3.13. The SMILES string of the molecule is CC(C)(CC(F)(F)F)C(=O)ON1C(=O)c2ccccc2C1=O. The van der Waals surface area contributed by atoms with Crippen LogP contribution in [0.5, 0.6) is 0 Å². The summed E-state index contributed by atoms with van der Waals surface area (Å²) in [4.78, 5) is 40.4. The number of rotatable bonds is 3. The van der Waals surface area contributed by atoms with Gasteiger partial charge in [0.15, 0.2) is 0 Å². The zero-order chi connectivity index (χ0) is 16.7. The Kier molecular flexibility index (Phi) is 3.72. The molecule has 0 atom stereocenters. The van der Waals surface area contributed by atoms with E-state index in [9.17, 15) is 27.6 Å². The smallest absolute Gasteiger partial charge is 0.329 e. The van der Waals surface area contributed by atoms with Gasteiger partial charge in [-0.1, -0.05) is 17.2 Å². The van der Waals surface area contributed by atoms with Crippen molar-refractivity contribution >= 4 is 17.8 Å². The summed E-state index contributed by atoms with van der Waals surface area (Å²) in [5.41, 5.74) is -1.85.